The Kier molecular flexibility index (Phi) is 7.61. The van der Waals surface area contributed by atoms with Crippen LogP contribution in [0, 0.1) is 5.82 Å². The Labute approximate surface area is 183 Å². The first-order valence-electron chi connectivity index (χ1n) is 9.52. The average molecular weight is 443 g/mol. The number of esters is 1. The van der Waals surface area contributed by atoms with E-state index < -0.39 is 30.6 Å². The molecule has 8 heteroatoms. The zero-order valence-electron chi connectivity index (χ0n) is 17.0. The highest BCUT2D eigenvalue weighted by Gasteiger charge is 2.21. The van der Waals surface area contributed by atoms with Gasteiger partial charge >= 0.3 is 5.97 Å². The van der Waals surface area contributed by atoms with Crippen LogP contribution in [0.5, 0.6) is 11.5 Å². The van der Waals surface area contributed by atoms with E-state index in [2.05, 4.69) is 5.32 Å². The number of rotatable bonds is 9. The van der Waals surface area contributed by atoms with E-state index in [9.17, 15) is 14.0 Å². The average Bonchev–Trinajstić information content (AvgIpc) is 3.31. The number of benzene rings is 2. The van der Waals surface area contributed by atoms with Gasteiger partial charge in [-0.1, -0.05) is 18.2 Å². The molecule has 0 saturated heterocycles. The Morgan fingerprint density at radius 3 is 2.32 bits per heavy atom. The predicted molar refractivity (Wildman–Crippen MR) is 115 cm³/mol. The number of hydrogen-bond acceptors (Lipinski definition) is 6. The summed E-state index contributed by atoms with van der Waals surface area (Å²) in [6, 6.07) is 15.9. The summed E-state index contributed by atoms with van der Waals surface area (Å²) in [5.41, 5.74) is 0.722. The molecule has 162 valence electrons. The smallest absolute Gasteiger partial charge is 0.347 e. The Hall–Kier alpha value is -3.39. The van der Waals surface area contributed by atoms with E-state index in [1.54, 1.807) is 43.5 Å². The second-order valence-corrected chi connectivity index (χ2v) is 7.59. The molecule has 2 atom stereocenters. The molecule has 0 aliphatic heterocycles. The van der Waals surface area contributed by atoms with Gasteiger partial charge in [0.05, 0.1) is 13.2 Å². The summed E-state index contributed by atoms with van der Waals surface area (Å²) in [4.78, 5) is 25.5. The molecule has 0 aliphatic carbocycles. The summed E-state index contributed by atoms with van der Waals surface area (Å²) in [5, 5.41) is 4.71. The molecule has 3 aromatic rings. The second kappa shape index (κ2) is 10.6. The van der Waals surface area contributed by atoms with E-state index in [4.69, 9.17) is 14.2 Å². The zero-order valence-corrected chi connectivity index (χ0v) is 17.9. The van der Waals surface area contributed by atoms with Crippen LogP contribution in [0.2, 0.25) is 0 Å². The van der Waals surface area contributed by atoms with E-state index in [1.165, 1.54) is 30.4 Å². The molecule has 0 fully saturated rings. The van der Waals surface area contributed by atoms with Crippen LogP contribution >= 0.6 is 11.3 Å². The minimum absolute atomic E-state index is 0.361. The van der Waals surface area contributed by atoms with Crippen LogP contribution in [0.1, 0.15) is 23.4 Å². The third kappa shape index (κ3) is 6.29. The van der Waals surface area contributed by atoms with Gasteiger partial charge in [-0.05, 0) is 60.3 Å². The fraction of sp³-hybridized carbons (Fsp3) is 0.217. The molecule has 1 amide bonds. The molecule has 0 spiro atoms. The van der Waals surface area contributed by atoms with Crippen molar-refractivity contribution in [3.8, 4) is 11.5 Å². The quantitative estimate of drug-likeness (QED) is 0.504. The van der Waals surface area contributed by atoms with Crippen LogP contribution in [0.4, 0.5) is 4.39 Å². The van der Waals surface area contributed by atoms with Gasteiger partial charge in [-0.15, -0.1) is 11.3 Å². The largest absolute Gasteiger partial charge is 0.497 e. The van der Waals surface area contributed by atoms with Gasteiger partial charge in [0.15, 0.2) is 12.7 Å². The van der Waals surface area contributed by atoms with Crippen molar-refractivity contribution >= 4 is 23.2 Å². The molecule has 2 aromatic carbocycles. The van der Waals surface area contributed by atoms with Crippen LogP contribution in [0.15, 0.2) is 66.0 Å². The molecule has 1 heterocycles. The molecule has 31 heavy (non-hydrogen) atoms. The Balaban J connectivity index is 1.55. The van der Waals surface area contributed by atoms with Gasteiger partial charge in [-0.25, -0.2) is 9.18 Å². The second-order valence-electron chi connectivity index (χ2n) is 6.61. The van der Waals surface area contributed by atoms with Gasteiger partial charge in [0.2, 0.25) is 0 Å². The Morgan fingerprint density at radius 2 is 1.71 bits per heavy atom. The van der Waals surface area contributed by atoms with Crippen LogP contribution in [0.25, 0.3) is 0 Å². The molecule has 2 unspecified atom stereocenters. The standard InChI is InChI=1S/C23H22FNO5S/c1-15(30-19-11-9-18(28-2)10-12-19)23(27)29-14-21(26)25-22(20-4-3-13-31-20)16-5-7-17(24)8-6-16/h3-13,15,22H,14H2,1-2H3,(H,25,26). The first-order chi connectivity index (χ1) is 15.0. The van der Waals surface area contributed by atoms with Crippen LogP contribution in [0.3, 0.4) is 0 Å². The fourth-order valence-electron chi connectivity index (χ4n) is 2.79. The van der Waals surface area contributed by atoms with Gasteiger partial charge in [0, 0.05) is 4.88 Å². The predicted octanol–water partition coefficient (Wildman–Crippen LogP) is 4.11. The number of halogens is 1. The van der Waals surface area contributed by atoms with E-state index in [1.807, 2.05) is 17.5 Å². The number of carbonyl (C=O) groups excluding carboxylic acids is 2. The number of carbonyl (C=O) groups is 2. The van der Waals surface area contributed by atoms with Crippen molar-refractivity contribution in [3.05, 3.63) is 82.3 Å². The number of ether oxygens (including phenoxy) is 3. The van der Waals surface area contributed by atoms with E-state index >= 15 is 0 Å². The first kappa shape index (κ1) is 22.3. The molecule has 0 aliphatic rings. The molecule has 0 radical (unpaired) electrons. The van der Waals surface area contributed by atoms with Crippen molar-refractivity contribution in [1.82, 2.24) is 5.32 Å². The maximum absolute atomic E-state index is 13.3. The van der Waals surface area contributed by atoms with Crippen molar-refractivity contribution in [2.45, 2.75) is 19.1 Å². The van der Waals surface area contributed by atoms with Gasteiger partial charge < -0.3 is 19.5 Å². The van der Waals surface area contributed by atoms with Crippen molar-refractivity contribution in [2.75, 3.05) is 13.7 Å². The molecular weight excluding hydrogens is 421 g/mol. The number of methoxy groups -OCH3 is 1. The van der Waals surface area contributed by atoms with Crippen molar-refractivity contribution in [3.63, 3.8) is 0 Å². The monoisotopic (exact) mass is 443 g/mol. The maximum Gasteiger partial charge on any atom is 0.347 e. The van der Waals surface area contributed by atoms with E-state index in [0.29, 0.717) is 11.5 Å². The van der Waals surface area contributed by atoms with Gasteiger partial charge in [-0.2, -0.15) is 0 Å². The van der Waals surface area contributed by atoms with Crippen LogP contribution in [-0.2, 0) is 14.3 Å². The summed E-state index contributed by atoms with van der Waals surface area (Å²) in [5.74, 6) is -0.364. The summed E-state index contributed by atoms with van der Waals surface area (Å²) in [6.07, 6.45) is -0.897. The highest BCUT2D eigenvalue weighted by atomic mass is 32.1. The zero-order chi connectivity index (χ0) is 22.2. The summed E-state index contributed by atoms with van der Waals surface area (Å²) >= 11 is 1.46. The fourth-order valence-corrected chi connectivity index (χ4v) is 3.60. The molecule has 0 saturated carbocycles. The van der Waals surface area contributed by atoms with Crippen molar-refractivity contribution in [1.29, 1.82) is 0 Å². The molecular formula is C23H22FNO5S. The molecule has 1 aromatic heterocycles. The number of thiophene rings is 1. The summed E-state index contributed by atoms with van der Waals surface area (Å²) in [7, 11) is 1.56. The first-order valence-corrected chi connectivity index (χ1v) is 10.4. The lowest BCUT2D eigenvalue weighted by atomic mass is 10.1. The summed E-state index contributed by atoms with van der Waals surface area (Å²) in [6.45, 7) is 1.08. The Bertz CT molecular complexity index is 990. The van der Waals surface area contributed by atoms with E-state index in [-0.39, 0.29) is 5.82 Å². The molecule has 6 nitrogen and oxygen atoms in total. The van der Waals surface area contributed by atoms with Crippen molar-refractivity contribution in [2.24, 2.45) is 0 Å². The van der Waals surface area contributed by atoms with Crippen molar-refractivity contribution < 1.29 is 28.2 Å². The highest BCUT2D eigenvalue weighted by molar-refractivity contribution is 7.10. The minimum Gasteiger partial charge on any atom is -0.497 e. The number of amides is 1. The SMILES string of the molecule is COc1ccc(OC(C)C(=O)OCC(=O)NC(c2ccc(F)cc2)c2cccs2)cc1. The highest BCUT2D eigenvalue weighted by Crippen LogP contribution is 2.26. The maximum atomic E-state index is 13.3. The third-order valence-corrected chi connectivity index (χ3v) is 5.32. The van der Waals surface area contributed by atoms with Gasteiger partial charge in [0.25, 0.3) is 5.91 Å². The van der Waals surface area contributed by atoms with Gasteiger partial charge in [-0.3, -0.25) is 4.79 Å². The lowest BCUT2D eigenvalue weighted by Crippen LogP contribution is -2.35. The van der Waals surface area contributed by atoms with Crippen LogP contribution in [-0.4, -0.2) is 31.7 Å². The minimum atomic E-state index is -0.897. The normalized spacial score (nSPS) is 12.5. The molecule has 1 N–H and O–H groups in total. The van der Waals surface area contributed by atoms with Gasteiger partial charge in [0.1, 0.15) is 17.3 Å². The van der Waals surface area contributed by atoms with Crippen LogP contribution < -0.4 is 14.8 Å². The number of nitrogens with one attached hydrogen (secondary N) is 1. The lowest BCUT2D eigenvalue weighted by molar-refractivity contribution is -0.154. The van der Waals surface area contributed by atoms with E-state index in [0.717, 1.165) is 10.4 Å². The molecule has 3 rings (SSSR count). The topological polar surface area (TPSA) is 73.9 Å². The number of hydrogen-bond donors (Lipinski definition) is 1. The third-order valence-electron chi connectivity index (χ3n) is 4.39. The molecule has 0 bridgehead atoms. The lowest BCUT2D eigenvalue weighted by Gasteiger charge is -2.19. The Morgan fingerprint density at radius 1 is 1.03 bits per heavy atom. The summed E-state index contributed by atoms with van der Waals surface area (Å²) < 4.78 is 29.0.